The summed E-state index contributed by atoms with van der Waals surface area (Å²) < 4.78 is 13.7. The smallest absolute Gasteiger partial charge is 0.256 e. The van der Waals surface area contributed by atoms with Crippen molar-refractivity contribution in [1.82, 2.24) is 20.3 Å². The third kappa shape index (κ3) is 5.25. The first-order valence-corrected chi connectivity index (χ1v) is 11.9. The largest absolute Gasteiger partial charge is 0.354 e. The molecule has 1 saturated carbocycles. The van der Waals surface area contributed by atoms with Crippen molar-refractivity contribution in [3.63, 3.8) is 0 Å². The van der Waals surface area contributed by atoms with E-state index >= 15 is 0 Å². The van der Waals surface area contributed by atoms with Gasteiger partial charge in [0.15, 0.2) is 0 Å². The minimum Gasteiger partial charge on any atom is -0.354 e. The molecule has 5 N–H and O–H groups in total. The molecule has 1 saturated heterocycles. The Bertz CT molecular complexity index is 859. The topological polar surface area (TPSA) is 109 Å². The SMILES string of the molecule is NC(CNc1nc(C2CCNCC2)c(C2CCC(F)CC2)c(=O)[nH]1)Cc1cscn1. The molecule has 2 aromatic rings. The van der Waals surface area contributed by atoms with E-state index in [9.17, 15) is 9.18 Å². The van der Waals surface area contributed by atoms with Crippen LogP contribution in [-0.4, -0.2) is 46.8 Å². The zero-order valence-corrected chi connectivity index (χ0v) is 18.0. The Morgan fingerprint density at radius 2 is 1.97 bits per heavy atom. The van der Waals surface area contributed by atoms with Crippen molar-refractivity contribution in [3.05, 3.63) is 38.2 Å². The molecule has 9 heteroatoms. The molecule has 0 amide bonds. The molecule has 2 fully saturated rings. The summed E-state index contributed by atoms with van der Waals surface area (Å²) in [5.74, 6) is 0.833. The van der Waals surface area contributed by atoms with Gasteiger partial charge in [0.1, 0.15) is 6.17 Å². The third-order valence-corrected chi connectivity index (χ3v) is 6.90. The van der Waals surface area contributed by atoms with Crippen molar-refractivity contribution < 1.29 is 4.39 Å². The van der Waals surface area contributed by atoms with E-state index in [-0.39, 0.29) is 23.4 Å². The predicted octanol–water partition coefficient (Wildman–Crippen LogP) is 2.67. The van der Waals surface area contributed by atoms with Gasteiger partial charge in [0, 0.05) is 35.9 Å². The summed E-state index contributed by atoms with van der Waals surface area (Å²) in [6.45, 7) is 2.35. The maximum atomic E-state index is 13.7. The second kappa shape index (κ2) is 9.98. The molecule has 1 atom stereocenters. The van der Waals surface area contributed by atoms with Gasteiger partial charge in [-0.05, 0) is 57.5 Å². The molecule has 1 aliphatic carbocycles. The van der Waals surface area contributed by atoms with Crippen LogP contribution >= 0.6 is 11.3 Å². The average Bonchev–Trinajstić information content (AvgIpc) is 3.26. The summed E-state index contributed by atoms with van der Waals surface area (Å²) in [5.41, 5.74) is 10.6. The van der Waals surface area contributed by atoms with Gasteiger partial charge in [-0.15, -0.1) is 11.3 Å². The van der Waals surface area contributed by atoms with E-state index in [0.717, 1.165) is 55.7 Å². The normalized spacial score (nSPS) is 23.9. The molecule has 2 aliphatic rings. The quantitative estimate of drug-likeness (QED) is 0.534. The van der Waals surface area contributed by atoms with Crippen LogP contribution in [-0.2, 0) is 6.42 Å². The highest BCUT2D eigenvalue weighted by Gasteiger charge is 2.30. The number of hydrogen-bond acceptors (Lipinski definition) is 7. The molecule has 1 unspecified atom stereocenters. The monoisotopic (exact) mass is 434 g/mol. The number of piperidine rings is 1. The summed E-state index contributed by atoms with van der Waals surface area (Å²) in [6, 6.07) is -0.126. The van der Waals surface area contributed by atoms with Gasteiger partial charge in [-0.2, -0.15) is 0 Å². The lowest BCUT2D eigenvalue weighted by Crippen LogP contribution is -2.34. The summed E-state index contributed by atoms with van der Waals surface area (Å²) in [5, 5.41) is 8.60. The van der Waals surface area contributed by atoms with E-state index in [2.05, 4.69) is 20.6 Å². The highest BCUT2D eigenvalue weighted by Crippen LogP contribution is 2.37. The van der Waals surface area contributed by atoms with E-state index in [1.807, 2.05) is 5.38 Å². The van der Waals surface area contributed by atoms with Crippen LogP contribution in [0.15, 0.2) is 15.7 Å². The molecule has 164 valence electrons. The van der Waals surface area contributed by atoms with E-state index in [1.54, 1.807) is 16.8 Å². The number of thiazole rings is 1. The van der Waals surface area contributed by atoms with Crippen LogP contribution in [0.3, 0.4) is 0 Å². The second-order valence-electron chi connectivity index (χ2n) is 8.51. The predicted molar refractivity (Wildman–Crippen MR) is 118 cm³/mol. The van der Waals surface area contributed by atoms with Gasteiger partial charge in [-0.3, -0.25) is 9.78 Å². The van der Waals surface area contributed by atoms with Crippen LogP contribution in [0.4, 0.5) is 10.3 Å². The maximum absolute atomic E-state index is 13.7. The number of H-pyrrole nitrogens is 1. The van der Waals surface area contributed by atoms with Crippen LogP contribution < -0.4 is 21.9 Å². The second-order valence-corrected chi connectivity index (χ2v) is 9.23. The van der Waals surface area contributed by atoms with Gasteiger partial charge in [0.2, 0.25) is 5.95 Å². The van der Waals surface area contributed by atoms with E-state index in [1.165, 1.54) is 0 Å². The highest BCUT2D eigenvalue weighted by atomic mass is 32.1. The van der Waals surface area contributed by atoms with Crippen LogP contribution in [0.5, 0.6) is 0 Å². The number of aromatic nitrogens is 3. The molecule has 7 nitrogen and oxygen atoms in total. The number of anilines is 1. The van der Waals surface area contributed by atoms with Gasteiger partial charge in [-0.25, -0.2) is 14.4 Å². The first-order chi connectivity index (χ1) is 14.6. The lowest BCUT2D eigenvalue weighted by molar-refractivity contribution is 0.234. The molecule has 30 heavy (non-hydrogen) atoms. The number of nitrogens with zero attached hydrogens (tertiary/aromatic N) is 2. The molecule has 0 bridgehead atoms. The number of nitrogens with two attached hydrogens (primary N) is 1. The molecule has 4 rings (SSSR count). The molecule has 3 heterocycles. The summed E-state index contributed by atoms with van der Waals surface area (Å²) in [6.07, 6.45) is 4.35. The summed E-state index contributed by atoms with van der Waals surface area (Å²) >= 11 is 1.56. The maximum Gasteiger partial charge on any atom is 0.256 e. The lowest BCUT2D eigenvalue weighted by Gasteiger charge is -2.29. The summed E-state index contributed by atoms with van der Waals surface area (Å²) in [4.78, 5) is 25.2. The number of nitrogens with one attached hydrogen (secondary N) is 3. The van der Waals surface area contributed by atoms with Crippen molar-refractivity contribution >= 4 is 17.3 Å². The van der Waals surface area contributed by atoms with Gasteiger partial charge in [0.25, 0.3) is 5.56 Å². The van der Waals surface area contributed by atoms with Crippen molar-refractivity contribution in [2.45, 2.75) is 69.0 Å². The third-order valence-electron chi connectivity index (χ3n) is 6.26. The fraction of sp³-hybridized carbons (Fsp3) is 0.667. The van der Waals surface area contributed by atoms with Crippen LogP contribution in [0.2, 0.25) is 0 Å². The Labute approximate surface area is 180 Å². The standard InChI is InChI=1S/C21H31FN6OS/c22-15-3-1-13(2-4-15)18-19(14-5-7-24-8-6-14)27-21(28-20(18)29)25-10-16(23)9-17-11-30-12-26-17/h11-16,24H,1-10,23H2,(H2,25,27,28,29). The number of halogens is 1. The lowest BCUT2D eigenvalue weighted by atomic mass is 9.80. The molecular formula is C21H31FN6OS. The molecule has 0 radical (unpaired) electrons. The first kappa shape index (κ1) is 21.4. The highest BCUT2D eigenvalue weighted by molar-refractivity contribution is 7.07. The van der Waals surface area contributed by atoms with Crippen molar-refractivity contribution in [2.24, 2.45) is 5.73 Å². The van der Waals surface area contributed by atoms with Gasteiger partial charge < -0.3 is 16.4 Å². The molecule has 1 aliphatic heterocycles. The zero-order chi connectivity index (χ0) is 20.9. The first-order valence-electron chi connectivity index (χ1n) is 11.0. The van der Waals surface area contributed by atoms with Gasteiger partial charge >= 0.3 is 0 Å². The van der Waals surface area contributed by atoms with E-state index < -0.39 is 6.17 Å². The Kier molecular flexibility index (Phi) is 7.12. The molecular weight excluding hydrogens is 403 g/mol. The Hall–Kier alpha value is -1.84. The van der Waals surface area contributed by atoms with E-state index in [0.29, 0.717) is 31.8 Å². The van der Waals surface area contributed by atoms with Crippen molar-refractivity contribution in [3.8, 4) is 0 Å². The molecule has 0 aromatic carbocycles. The Morgan fingerprint density at radius 3 is 2.67 bits per heavy atom. The Morgan fingerprint density at radius 1 is 1.20 bits per heavy atom. The number of aromatic amines is 1. The van der Waals surface area contributed by atoms with E-state index in [4.69, 9.17) is 10.7 Å². The van der Waals surface area contributed by atoms with Gasteiger partial charge in [0.05, 0.1) is 16.9 Å². The summed E-state index contributed by atoms with van der Waals surface area (Å²) in [7, 11) is 0. The van der Waals surface area contributed by atoms with Crippen LogP contribution in [0.1, 0.15) is 67.3 Å². The zero-order valence-electron chi connectivity index (χ0n) is 17.2. The van der Waals surface area contributed by atoms with Crippen LogP contribution in [0, 0.1) is 0 Å². The number of rotatable bonds is 7. The molecule has 0 spiro atoms. The van der Waals surface area contributed by atoms with Crippen molar-refractivity contribution in [1.29, 1.82) is 0 Å². The Balaban J connectivity index is 1.53. The average molecular weight is 435 g/mol. The minimum absolute atomic E-state index is 0.0867. The van der Waals surface area contributed by atoms with Crippen LogP contribution in [0.25, 0.3) is 0 Å². The fourth-order valence-electron chi connectivity index (χ4n) is 4.63. The van der Waals surface area contributed by atoms with Gasteiger partial charge in [-0.1, -0.05) is 0 Å². The van der Waals surface area contributed by atoms with Crippen molar-refractivity contribution in [2.75, 3.05) is 25.0 Å². The minimum atomic E-state index is -0.740. The number of alkyl halides is 1. The fourth-order valence-corrected chi connectivity index (χ4v) is 5.20. The molecule has 2 aromatic heterocycles. The number of hydrogen-bond donors (Lipinski definition) is 4.